The van der Waals surface area contributed by atoms with Gasteiger partial charge < -0.3 is 5.32 Å². The molecule has 6 nitrogen and oxygen atoms in total. The molecule has 1 aromatic heterocycles. The molecule has 3 aromatic carbocycles. The summed E-state index contributed by atoms with van der Waals surface area (Å²) in [7, 11) is 0. The Morgan fingerprint density at radius 1 is 1.00 bits per heavy atom. The predicted molar refractivity (Wildman–Crippen MR) is 95.8 cm³/mol. The number of halogens is 1. The topological polar surface area (TPSA) is 72.7 Å². The molecule has 0 radical (unpaired) electrons. The molecule has 1 heterocycles. The van der Waals surface area contributed by atoms with Gasteiger partial charge in [0.15, 0.2) is 0 Å². The van der Waals surface area contributed by atoms with E-state index < -0.39 is 0 Å². The third kappa shape index (κ3) is 3.41. The molecule has 4 rings (SSSR count). The second-order valence-electron chi connectivity index (χ2n) is 5.76. The summed E-state index contributed by atoms with van der Waals surface area (Å²) >= 11 is 0. The number of benzene rings is 3. The molecule has 0 saturated heterocycles. The van der Waals surface area contributed by atoms with E-state index in [-0.39, 0.29) is 24.1 Å². The molecule has 0 saturated carbocycles. The maximum Gasteiger partial charge on any atom is 0.248 e. The van der Waals surface area contributed by atoms with Crippen LogP contribution in [0, 0.1) is 5.82 Å². The molecular formula is C19H14FN5O. The molecule has 0 atom stereocenters. The summed E-state index contributed by atoms with van der Waals surface area (Å²) in [5.41, 5.74) is 1.20. The molecule has 0 fully saturated rings. The van der Waals surface area contributed by atoms with E-state index in [1.165, 1.54) is 16.9 Å². The van der Waals surface area contributed by atoms with E-state index in [4.69, 9.17) is 0 Å². The highest BCUT2D eigenvalue weighted by Gasteiger charge is 2.10. The molecule has 7 heteroatoms. The van der Waals surface area contributed by atoms with Gasteiger partial charge in [-0.1, -0.05) is 42.5 Å². The average molecular weight is 347 g/mol. The Morgan fingerprint density at radius 2 is 1.85 bits per heavy atom. The Balaban J connectivity index is 1.46. The van der Waals surface area contributed by atoms with E-state index in [1.807, 2.05) is 42.5 Å². The van der Waals surface area contributed by atoms with E-state index in [2.05, 4.69) is 20.7 Å². The zero-order valence-corrected chi connectivity index (χ0v) is 13.6. The van der Waals surface area contributed by atoms with Gasteiger partial charge in [0, 0.05) is 11.3 Å². The SMILES string of the molecule is O=C(Cn1nnc(-c2cccc(F)c2)n1)Nc1ccc2ccccc2c1. The van der Waals surface area contributed by atoms with Crippen molar-refractivity contribution in [3.05, 3.63) is 72.5 Å². The summed E-state index contributed by atoms with van der Waals surface area (Å²) in [6.07, 6.45) is 0. The molecule has 0 aliphatic rings. The minimum atomic E-state index is -0.382. The van der Waals surface area contributed by atoms with Gasteiger partial charge in [-0.3, -0.25) is 4.79 Å². The van der Waals surface area contributed by atoms with Crippen molar-refractivity contribution in [1.82, 2.24) is 20.2 Å². The number of amides is 1. The molecule has 26 heavy (non-hydrogen) atoms. The van der Waals surface area contributed by atoms with Crippen LogP contribution in [-0.4, -0.2) is 26.1 Å². The highest BCUT2D eigenvalue weighted by molar-refractivity contribution is 5.94. The van der Waals surface area contributed by atoms with Crippen molar-refractivity contribution in [2.45, 2.75) is 6.54 Å². The first kappa shape index (κ1) is 15.9. The maximum absolute atomic E-state index is 13.3. The molecule has 128 valence electrons. The summed E-state index contributed by atoms with van der Waals surface area (Å²) in [4.78, 5) is 13.4. The van der Waals surface area contributed by atoms with Crippen LogP contribution >= 0.6 is 0 Å². The summed E-state index contributed by atoms with van der Waals surface area (Å²) in [6, 6.07) is 19.5. The number of hydrogen-bond donors (Lipinski definition) is 1. The van der Waals surface area contributed by atoms with Crippen LogP contribution in [-0.2, 0) is 11.3 Å². The van der Waals surface area contributed by atoms with Crippen molar-refractivity contribution in [3.8, 4) is 11.4 Å². The van der Waals surface area contributed by atoms with Crippen LogP contribution in [0.4, 0.5) is 10.1 Å². The number of fused-ring (bicyclic) bond motifs is 1. The normalized spacial score (nSPS) is 10.8. The fraction of sp³-hybridized carbons (Fsp3) is 0.0526. The Hall–Kier alpha value is -3.61. The third-order valence-electron chi connectivity index (χ3n) is 3.85. The smallest absolute Gasteiger partial charge is 0.248 e. The van der Waals surface area contributed by atoms with E-state index in [1.54, 1.807) is 12.1 Å². The highest BCUT2D eigenvalue weighted by Crippen LogP contribution is 2.19. The second-order valence-corrected chi connectivity index (χ2v) is 5.76. The Morgan fingerprint density at radius 3 is 2.69 bits per heavy atom. The van der Waals surface area contributed by atoms with Crippen LogP contribution in [0.5, 0.6) is 0 Å². The van der Waals surface area contributed by atoms with E-state index in [0.717, 1.165) is 10.8 Å². The van der Waals surface area contributed by atoms with Crippen molar-refractivity contribution in [2.24, 2.45) is 0 Å². The van der Waals surface area contributed by atoms with Crippen molar-refractivity contribution >= 4 is 22.4 Å². The molecule has 0 unspecified atom stereocenters. The van der Waals surface area contributed by atoms with Crippen LogP contribution < -0.4 is 5.32 Å². The number of tetrazole rings is 1. The summed E-state index contributed by atoms with van der Waals surface area (Å²) in [5, 5.41) is 16.8. The number of nitrogens with zero attached hydrogens (tertiary/aromatic N) is 4. The van der Waals surface area contributed by atoms with Gasteiger partial charge in [-0.25, -0.2) is 4.39 Å². The van der Waals surface area contributed by atoms with Gasteiger partial charge in [-0.05, 0) is 40.3 Å². The van der Waals surface area contributed by atoms with Crippen molar-refractivity contribution in [3.63, 3.8) is 0 Å². The largest absolute Gasteiger partial charge is 0.324 e. The van der Waals surface area contributed by atoms with Crippen LogP contribution in [0.1, 0.15) is 0 Å². The van der Waals surface area contributed by atoms with Crippen molar-refractivity contribution in [2.75, 3.05) is 5.32 Å². The zero-order chi connectivity index (χ0) is 17.9. The minimum Gasteiger partial charge on any atom is -0.324 e. The van der Waals surface area contributed by atoms with Gasteiger partial charge in [0.1, 0.15) is 12.4 Å². The average Bonchev–Trinajstić information content (AvgIpc) is 3.10. The Kier molecular flexibility index (Phi) is 4.10. The quantitative estimate of drug-likeness (QED) is 0.615. The first-order valence-corrected chi connectivity index (χ1v) is 8.00. The fourth-order valence-corrected chi connectivity index (χ4v) is 2.65. The predicted octanol–water partition coefficient (Wildman–Crippen LogP) is 3.27. The van der Waals surface area contributed by atoms with Crippen LogP contribution in [0.25, 0.3) is 22.2 Å². The monoisotopic (exact) mass is 347 g/mol. The molecule has 0 aliphatic carbocycles. The third-order valence-corrected chi connectivity index (χ3v) is 3.85. The van der Waals surface area contributed by atoms with Gasteiger partial charge >= 0.3 is 0 Å². The zero-order valence-electron chi connectivity index (χ0n) is 13.6. The fourth-order valence-electron chi connectivity index (χ4n) is 2.65. The van der Waals surface area contributed by atoms with Crippen LogP contribution in [0.3, 0.4) is 0 Å². The number of nitrogens with one attached hydrogen (secondary N) is 1. The first-order chi connectivity index (χ1) is 12.7. The first-order valence-electron chi connectivity index (χ1n) is 8.00. The number of anilines is 1. The Bertz CT molecular complexity index is 1090. The molecule has 1 amide bonds. The van der Waals surface area contributed by atoms with Crippen molar-refractivity contribution in [1.29, 1.82) is 0 Å². The number of carbonyl (C=O) groups is 1. The molecule has 1 N–H and O–H groups in total. The second kappa shape index (κ2) is 6.72. The van der Waals surface area contributed by atoms with E-state index in [0.29, 0.717) is 11.3 Å². The number of rotatable bonds is 4. The van der Waals surface area contributed by atoms with Crippen LogP contribution in [0.2, 0.25) is 0 Å². The molecule has 0 aliphatic heterocycles. The lowest BCUT2D eigenvalue weighted by molar-refractivity contribution is -0.117. The van der Waals surface area contributed by atoms with E-state index in [9.17, 15) is 9.18 Å². The van der Waals surface area contributed by atoms with E-state index >= 15 is 0 Å². The van der Waals surface area contributed by atoms with Gasteiger partial charge in [0.05, 0.1) is 0 Å². The Labute approximate surface area is 148 Å². The van der Waals surface area contributed by atoms with Gasteiger partial charge in [0.2, 0.25) is 11.7 Å². The summed E-state index contributed by atoms with van der Waals surface area (Å²) in [6.45, 7) is -0.0882. The molecule has 0 spiro atoms. The number of hydrogen-bond acceptors (Lipinski definition) is 4. The highest BCUT2D eigenvalue weighted by atomic mass is 19.1. The molecule has 0 bridgehead atoms. The molecular weight excluding hydrogens is 333 g/mol. The summed E-state index contributed by atoms with van der Waals surface area (Å²) < 4.78 is 13.3. The summed E-state index contributed by atoms with van der Waals surface area (Å²) in [5.74, 6) is -0.389. The van der Waals surface area contributed by atoms with Gasteiger partial charge in [-0.2, -0.15) is 4.80 Å². The maximum atomic E-state index is 13.3. The lowest BCUT2D eigenvalue weighted by Crippen LogP contribution is -2.20. The molecule has 4 aromatic rings. The van der Waals surface area contributed by atoms with Gasteiger partial charge in [-0.15, -0.1) is 10.2 Å². The van der Waals surface area contributed by atoms with Crippen LogP contribution in [0.15, 0.2) is 66.7 Å². The van der Waals surface area contributed by atoms with Gasteiger partial charge in [0.25, 0.3) is 0 Å². The van der Waals surface area contributed by atoms with Crippen molar-refractivity contribution < 1.29 is 9.18 Å². The minimum absolute atomic E-state index is 0.0882. The number of carbonyl (C=O) groups excluding carboxylic acids is 1. The number of aromatic nitrogens is 4. The standard InChI is InChI=1S/C19H14FN5O/c20-16-7-3-6-15(10-16)19-22-24-25(23-19)12-18(26)21-17-9-8-13-4-1-2-5-14(13)11-17/h1-11H,12H2,(H,21,26). The lowest BCUT2D eigenvalue weighted by Gasteiger charge is -2.06. The lowest BCUT2D eigenvalue weighted by atomic mass is 10.1.